The summed E-state index contributed by atoms with van der Waals surface area (Å²) in [7, 11) is 1.49. The van der Waals surface area contributed by atoms with Gasteiger partial charge in [0.2, 0.25) is 0 Å². The highest BCUT2D eigenvalue weighted by molar-refractivity contribution is 5.83. The SMILES string of the molecule is C=CCc1ccc(OC(=O)C(C)NC(=O)OC(C)(C)C)c(OC)c1.CC(NC(=O)OC(C)(C)C)C(=O)O. The Morgan fingerprint density at radius 3 is 1.81 bits per heavy atom. The van der Waals surface area contributed by atoms with Gasteiger partial charge >= 0.3 is 24.1 Å². The van der Waals surface area contributed by atoms with E-state index in [-0.39, 0.29) is 5.75 Å². The first kappa shape index (κ1) is 33.2. The van der Waals surface area contributed by atoms with E-state index >= 15 is 0 Å². The molecule has 208 valence electrons. The maximum atomic E-state index is 12.1. The van der Waals surface area contributed by atoms with Crippen LogP contribution in [0.5, 0.6) is 11.5 Å². The summed E-state index contributed by atoms with van der Waals surface area (Å²) in [5.41, 5.74) is -0.262. The number of benzene rings is 1. The molecule has 2 amide bonds. The Labute approximate surface area is 218 Å². The van der Waals surface area contributed by atoms with E-state index in [4.69, 9.17) is 24.1 Å². The van der Waals surface area contributed by atoms with Gasteiger partial charge in [-0.3, -0.25) is 4.79 Å². The molecule has 0 aliphatic carbocycles. The number of aliphatic carboxylic acids is 1. The highest BCUT2D eigenvalue weighted by Gasteiger charge is 2.23. The van der Waals surface area contributed by atoms with Crippen molar-refractivity contribution in [1.82, 2.24) is 10.6 Å². The van der Waals surface area contributed by atoms with Crippen LogP contribution in [0.15, 0.2) is 30.9 Å². The topological polar surface area (TPSA) is 149 Å². The van der Waals surface area contributed by atoms with Crippen LogP contribution in [-0.4, -0.2) is 59.6 Å². The number of allylic oxidation sites excluding steroid dienone is 1. The number of esters is 1. The molecule has 11 nitrogen and oxygen atoms in total. The fourth-order valence-corrected chi connectivity index (χ4v) is 2.38. The first-order valence-corrected chi connectivity index (χ1v) is 11.6. The second-order valence-electron chi connectivity index (χ2n) is 9.97. The van der Waals surface area contributed by atoms with Crippen molar-refractivity contribution >= 4 is 24.1 Å². The van der Waals surface area contributed by atoms with Crippen LogP contribution < -0.4 is 20.1 Å². The highest BCUT2D eigenvalue weighted by atomic mass is 16.6. The van der Waals surface area contributed by atoms with Crippen LogP contribution in [0.4, 0.5) is 9.59 Å². The van der Waals surface area contributed by atoms with Gasteiger partial charge in [-0.25, -0.2) is 14.4 Å². The molecular weight excluding hydrogens is 484 g/mol. The Morgan fingerprint density at radius 1 is 0.919 bits per heavy atom. The van der Waals surface area contributed by atoms with Crippen LogP contribution in [0.3, 0.4) is 0 Å². The molecule has 0 saturated heterocycles. The van der Waals surface area contributed by atoms with E-state index in [1.165, 1.54) is 21.0 Å². The lowest BCUT2D eigenvalue weighted by molar-refractivity contribution is -0.139. The number of carbonyl (C=O) groups is 4. The van der Waals surface area contributed by atoms with Gasteiger partial charge in [0, 0.05) is 0 Å². The first-order valence-electron chi connectivity index (χ1n) is 11.6. The van der Waals surface area contributed by atoms with E-state index in [0.717, 1.165) is 5.56 Å². The van der Waals surface area contributed by atoms with Gasteiger partial charge in [0.15, 0.2) is 11.5 Å². The van der Waals surface area contributed by atoms with Gasteiger partial charge in [-0.1, -0.05) is 12.1 Å². The molecule has 37 heavy (non-hydrogen) atoms. The van der Waals surface area contributed by atoms with E-state index in [0.29, 0.717) is 12.2 Å². The van der Waals surface area contributed by atoms with Crippen LogP contribution in [0, 0.1) is 0 Å². The van der Waals surface area contributed by atoms with Gasteiger partial charge in [-0.15, -0.1) is 6.58 Å². The second kappa shape index (κ2) is 14.7. The molecule has 11 heteroatoms. The number of carbonyl (C=O) groups excluding carboxylic acids is 3. The van der Waals surface area contributed by atoms with Crippen molar-refractivity contribution in [3.8, 4) is 11.5 Å². The molecule has 0 spiro atoms. The molecule has 2 atom stereocenters. The van der Waals surface area contributed by atoms with Crippen molar-refractivity contribution in [2.24, 2.45) is 0 Å². The number of amides is 2. The zero-order chi connectivity index (χ0) is 29.0. The van der Waals surface area contributed by atoms with Crippen molar-refractivity contribution in [2.45, 2.75) is 85.1 Å². The molecule has 0 radical (unpaired) electrons. The lowest BCUT2D eigenvalue weighted by atomic mass is 10.1. The van der Waals surface area contributed by atoms with Gasteiger partial charge in [0.25, 0.3) is 0 Å². The third-order valence-corrected chi connectivity index (χ3v) is 4.01. The third kappa shape index (κ3) is 15.1. The fourth-order valence-electron chi connectivity index (χ4n) is 2.38. The zero-order valence-electron chi connectivity index (χ0n) is 23.1. The summed E-state index contributed by atoms with van der Waals surface area (Å²) in [4.78, 5) is 45.1. The lowest BCUT2D eigenvalue weighted by Gasteiger charge is -2.21. The smallest absolute Gasteiger partial charge is 0.408 e. The van der Waals surface area contributed by atoms with Gasteiger partial charge in [0.1, 0.15) is 23.3 Å². The van der Waals surface area contributed by atoms with Crippen molar-refractivity contribution < 1.29 is 43.2 Å². The van der Waals surface area contributed by atoms with Gasteiger partial charge in [-0.2, -0.15) is 0 Å². The number of methoxy groups -OCH3 is 1. The number of ether oxygens (including phenoxy) is 4. The Morgan fingerprint density at radius 2 is 1.41 bits per heavy atom. The quantitative estimate of drug-likeness (QED) is 0.258. The summed E-state index contributed by atoms with van der Waals surface area (Å²) in [6.45, 7) is 16.9. The highest BCUT2D eigenvalue weighted by Crippen LogP contribution is 2.28. The van der Waals surface area contributed by atoms with Crippen LogP contribution in [0.2, 0.25) is 0 Å². The van der Waals surface area contributed by atoms with Gasteiger partial charge in [-0.05, 0) is 79.5 Å². The average Bonchev–Trinajstić information content (AvgIpc) is 2.72. The van der Waals surface area contributed by atoms with E-state index in [2.05, 4.69) is 17.2 Å². The standard InChI is InChI=1S/C18H25NO5.C8H15NO4/c1-7-8-13-9-10-14(15(11-13)22-6)23-16(20)12(2)19-17(21)24-18(3,4)5;1-5(6(10)11)9-7(12)13-8(2,3)4/h7,9-12H,1,8H2,2-6H3,(H,19,21);5H,1-4H3,(H,9,12)(H,10,11). The van der Waals surface area contributed by atoms with E-state index < -0.39 is 47.4 Å². The molecule has 0 saturated carbocycles. The number of carboxylic acids is 1. The summed E-state index contributed by atoms with van der Waals surface area (Å²) >= 11 is 0. The normalized spacial score (nSPS) is 12.5. The number of hydrogen-bond acceptors (Lipinski definition) is 8. The monoisotopic (exact) mass is 524 g/mol. The Kier molecular flexibility index (Phi) is 13.2. The molecule has 0 fully saturated rings. The molecule has 0 aliphatic rings. The molecule has 0 bridgehead atoms. The minimum absolute atomic E-state index is 0.285. The van der Waals surface area contributed by atoms with E-state index in [9.17, 15) is 19.2 Å². The van der Waals surface area contributed by atoms with E-state index in [1.54, 1.807) is 59.8 Å². The van der Waals surface area contributed by atoms with Crippen LogP contribution in [-0.2, 0) is 25.5 Å². The summed E-state index contributed by atoms with van der Waals surface area (Å²) in [5.74, 6) is -0.984. The average molecular weight is 525 g/mol. The molecule has 2 unspecified atom stereocenters. The van der Waals surface area contributed by atoms with Crippen molar-refractivity contribution in [1.29, 1.82) is 0 Å². The second-order valence-corrected chi connectivity index (χ2v) is 9.97. The molecule has 0 aromatic heterocycles. The molecule has 1 rings (SSSR count). The summed E-state index contributed by atoms with van der Waals surface area (Å²) in [6, 6.07) is 3.44. The number of nitrogens with one attached hydrogen (secondary N) is 2. The summed E-state index contributed by atoms with van der Waals surface area (Å²) < 4.78 is 20.5. The Balaban J connectivity index is 0.000000845. The minimum Gasteiger partial charge on any atom is -0.493 e. The van der Waals surface area contributed by atoms with Crippen LogP contribution in [0.1, 0.15) is 61.0 Å². The number of rotatable bonds is 8. The van der Waals surface area contributed by atoms with Gasteiger partial charge < -0.3 is 34.7 Å². The first-order chi connectivity index (χ1) is 16.9. The van der Waals surface area contributed by atoms with Crippen LogP contribution in [0.25, 0.3) is 0 Å². The minimum atomic E-state index is -1.09. The molecule has 0 aliphatic heterocycles. The molecule has 1 aromatic rings. The predicted octanol–water partition coefficient (Wildman–Crippen LogP) is 4.23. The van der Waals surface area contributed by atoms with Crippen molar-refractivity contribution in [3.63, 3.8) is 0 Å². The molecule has 1 aromatic carbocycles. The largest absolute Gasteiger partial charge is 0.493 e. The Bertz CT molecular complexity index is 946. The van der Waals surface area contributed by atoms with Crippen LogP contribution >= 0.6 is 0 Å². The van der Waals surface area contributed by atoms with Gasteiger partial charge in [0.05, 0.1) is 7.11 Å². The predicted molar refractivity (Wildman–Crippen MR) is 138 cm³/mol. The van der Waals surface area contributed by atoms with E-state index in [1.807, 2.05) is 6.07 Å². The number of carboxylic acid groups (broad SMARTS) is 1. The molecule has 0 heterocycles. The fraction of sp³-hybridized carbons (Fsp3) is 0.538. The zero-order valence-corrected chi connectivity index (χ0v) is 23.1. The molecular formula is C26H40N2O9. The lowest BCUT2D eigenvalue weighted by Crippen LogP contribution is -2.43. The third-order valence-electron chi connectivity index (χ3n) is 4.01. The van der Waals surface area contributed by atoms with Crippen molar-refractivity contribution in [2.75, 3.05) is 7.11 Å². The number of alkyl carbamates (subject to hydrolysis) is 2. The maximum absolute atomic E-state index is 12.1. The molecule has 3 N–H and O–H groups in total. The summed E-state index contributed by atoms with van der Waals surface area (Å²) in [6.07, 6.45) is 1.05. The number of hydrogen-bond donors (Lipinski definition) is 3. The van der Waals surface area contributed by atoms with Crippen molar-refractivity contribution in [3.05, 3.63) is 36.4 Å². The summed E-state index contributed by atoms with van der Waals surface area (Å²) in [5, 5.41) is 13.1. The maximum Gasteiger partial charge on any atom is 0.408 e. The Hall–Kier alpha value is -3.76.